The van der Waals surface area contributed by atoms with Gasteiger partial charge in [-0.2, -0.15) is 0 Å². The zero-order valence-electron chi connectivity index (χ0n) is 14.5. The molecule has 0 spiro atoms. The number of carboxylic acids is 1. The van der Waals surface area contributed by atoms with Crippen LogP contribution in [0.15, 0.2) is 0 Å². The lowest BCUT2D eigenvalue weighted by atomic mass is 10.1. The molecule has 4 amide bonds. The summed E-state index contributed by atoms with van der Waals surface area (Å²) in [6.45, 7) is 2.08. The molecular weight excluding hydrogens is 350 g/mol. The SMILES string of the molecule is CC(NC(=O)C(CCC(N)=O)NC(=O)CN)C(=O)NC(C(=O)O)C(C)O. The van der Waals surface area contributed by atoms with E-state index in [2.05, 4.69) is 16.0 Å². The lowest BCUT2D eigenvalue weighted by molar-refractivity contribution is -0.145. The highest BCUT2D eigenvalue weighted by Gasteiger charge is 2.29. The number of aliphatic carboxylic acids is 1. The lowest BCUT2D eigenvalue weighted by Gasteiger charge is -2.23. The first-order valence-corrected chi connectivity index (χ1v) is 7.78. The van der Waals surface area contributed by atoms with E-state index < -0.39 is 53.8 Å². The molecule has 0 aliphatic carbocycles. The van der Waals surface area contributed by atoms with Crippen molar-refractivity contribution < 1.29 is 34.2 Å². The Hall–Kier alpha value is -2.73. The van der Waals surface area contributed by atoms with Gasteiger partial charge < -0.3 is 37.6 Å². The van der Waals surface area contributed by atoms with Gasteiger partial charge in [0.15, 0.2) is 6.04 Å². The van der Waals surface area contributed by atoms with E-state index in [4.69, 9.17) is 16.6 Å². The van der Waals surface area contributed by atoms with Crippen LogP contribution in [0.4, 0.5) is 0 Å². The first kappa shape index (κ1) is 23.3. The maximum Gasteiger partial charge on any atom is 0.328 e. The molecule has 26 heavy (non-hydrogen) atoms. The minimum Gasteiger partial charge on any atom is -0.480 e. The molecule has 0 rings (SSSR count). The van der Waals surface area contributed by atoms with Crippen molar-refractivity contribution >= 4 is 29.6 Å². The number of nitrogens with two attached hydrogens (primary N) is 2. The van der Waals surface area contributed by atoms with Gasteiger partial charge in [-0.15, -0.1) is 0 Å². The van der Waals surface area contributed by atoms with Gasteiger partial charge in [-0.1, -0.05) is 0 Å². The number of primary amides is 1. The lowest BCUT2D eigenvalue weighted by Crippen LogP contribution is -2.56. The summed E-state index contributed by atoms with van der Waals surface area (Å²) in [6.07, 6.45) is -1.65. The minimum atomic E-state index is -1.55. The van der Waals surface area contributed by atoms with E-state index in [1.165, 1.54) is 13.8 Å². The number of aliphatic hydroxyl groups is 1. The smallest absolute Gasteiger partial charge is 0.328 e. The fourth-order valence-electron chi connectivity index (χ4n) is 1.86. The van der Waals surface area contributed by atoms with Gasteiger partial charge in [0.1, 0.15) is 12.1 Å². The summed E-state index contributed by atoms with van der Waals surface area (Å²) >= 11 is 0. The maximum absolute atomic E-state index is 12.2. The monoisotopic (exact) mass is 375 g/mol. The van der Waals surface area contributed by atoms with Crippen LogP contribution < -0.4 is 27.4 Å². The molecule has 4 unspecified atom stereocenters. The average Bonchev–Trinajstić information content (AvgIpc) is 2.54. The van der Waals surface area contributed by atoms with E-state index in [1.54, 1.807) is 0 Å². The van der Waals surface area contributed by atoms with Gasteiger partial charge in [-0.25, -0.2) is 4.79 Å². The second-order valence-electron chi connectivity index (χ2n) is 5.62. The quantitative estimate of drug-likeness (QED) is 0.189. The Kier molecular flexibility index (Phi) is 9.84. The highest BCUT2D eigenvalue weighted by Crippen LogP contribution is 2.00. The van der Waals surface area contributed by atoms with Gasteiger partial charge in [-0.3, -0.25) is 19.2 Å². The zero-order valence-corrected chi connectivity index (χ0v) is 14.5. The molecule has 12 heteroatoms. The van der Waals surface area contributed by atoms with Crippen molar-refractivity contribution in [2.75, 3.05) is 6.54 Å². The summed E-state index contributed by atoms with van der Waals surface area (Å²) in [4.78, 5) is 57.4. The third kappa shape index (κ3) is 8.39. The van der Waals surface area contributed by atoms with Gasteiger partial charge >= 0.3 is 5.97 Å². The van der Waals surface area contributed by atoms with Crippen LogP contribution >= 0.6 is 0 Å². The molecule has 0 heterocycles. The molecule has 0 aromatic rings. The Morgan fingerprint density at radius 2 is 1.58 bits per heavy atom. The number of rotatable bonds is 11. The molecule has 9 N–H and O–H groups in total. The highest BCUT2D eigenvalue weighted by molar-refractivity contribution is 5.93. The Labute approximate surface area is 149 Å². The molecule has 148 valence electrons. The molecular formula is C14H25N5O7. The maximum atomic E-state index is 12.2. The predicted octanol–water partition coefficient (Wildman–Crippen LogP) is -3.85. The van der Waals surface area contributed by atoms with Gasteiger partial charge in [0.2, 0.25) is 23.6 Å². The molecule has 12 nitrogen and oxygen atoms in total. The summed E-state index contributed by atoms with van der Waals surface area (Å²) < 4.78 is 0. The second kappa shape index (κ2) is 11.0. The van der Waals surface area contributed by atoms with Crippen LogP contribution in [0.2, 0.25) is 0 Å². The topological polar surface area (TPSA) is 214 Å². The fourth-order valence-corrected chi connectivity index (χ4v) is 1.86. The number of hydrogen-bond donors (Lipinski definition) is 7. The molecule has 0 aromatic heterocycles. The van der Waals surface area contributed by atoms with E-state index >= 15 is 0 Å². The summed E-state index contributed by atoms with van der Waals surface area (Å²) in [5.74, 6) is -4.41. The number of nitrogens with one attached hydrogen (secondary N) is 3. The van der Waals surface area contributed by atoms with E-state index in [-0.39, 0.29) is 19.4 Å². The third-order valence-corrected chi connectivity index (χ3v) is 3.31. The molecule has 0 bridgehead atoms. The predicted molar refractivity (Wildman–Crippen MR) is 88.3 cm³/mol. The first-order valence-electron chi connectivity index (χ1n) is 7.78. The second-order valence-corrected chi connectivity index (χ2v) is 5.62. The molecule has 0 saturated carbocycles. The van der Waals surface area contributed by atoms with Crippen LogP contribution in [0.1, 0.15) is 26.7 Å². The molecule has 0 aliphatic heterocycles. The Morgan fingerprint density at radius 3 is 2.00 bits per heavy atom. The summed E-state index contributed by atoms with van der Waals surface area (Å²) in [6, 6.07) is -3.88. The van der Waals surface area contributed by atoms with Crippen molar-refractivity contribution in [1.29, 1.82) is 0 Å². The Bertz CT molecular complexity index is 552. The van der Waals surface area contributed by atoms with Crippen molar-refractivity contribution in [1.82, 2.24) is 16.0 Å². The first-order chi connectivity index (χ1) is 12.0. The Balaban J connectivity index is 4.92. The van der Waals surface area contributed by atoms with Crippen LogP contribution in [-0.2, 0) is 24.0 Å². The van der Waals surface area contributed by atoms with Crippen LogP contribution in [0.5, 0.6) is 0 Å². The van der Waals surface area contributed by atoms with Crippen molar-refractivity contribution in [3.05, 3.63) is 0 Å². The normalized spacial score (nSPS) is 15.1. The minimum absolute atomic E-state index is 0.104. The van der Waals surface area contributed by atoms with Crippen LogP contribution in [0, 0.1) is 0 Å². The van der Waals surface area contributed by atoms with Crippen LogP contribution in [0.3, 0.4) is 0 Å². The molecule has 0 radical (unpaired) electrons. The molecule has 0 saturated heterocycles. The molecule has 0 aliphatic rings. The number of carboxylic acid groups (broad SMARTS) is 1. The van der Waals surface area contributed by atoms with Gasteiger partial charge in [0.05, 0.1) is 12.6 Å². The van der Waals surface area contributed by atoms with E-state index in [0.717, 1.165) is 0 Å². The summed E-state index contributed by atoms with van der Waals surface area (Å²) in [7, 11) is 0. The fraction of sp³-hybridized carbons (Fsp3) is 0.643. The summed E-state index contributed by atoms with van der Waals surface area (Å²) in [5.41, 5.74) is 10.2. The van der Waals surface area contributed by atoms with E-state index in [1.807, 2.05) is 0 Å². The van der Waals surface area contributed by atoms with Crippen molar-refractivity contribution in [2.45, 2.75) is 50.9 Å². The molecule has 4 atom stereocenters. The van der Waals surface area contributed by atoms with Gasteiger partial charge in [0.25, 0.3) is 0 Å². The van der Waals surface area contributed by atoms with Crippen molar-refractivity contribution in [3.63, 3.8) is 0 Å². The number of hydrogen-bond acceptors (Lipinski definition) is 7. The number of aliphatic hydroxyl groups excluding tert-OH is 1. The van der Waals surface area contributed by atoms with E-state index in [9.17, 15) is 29.1 Å². The van der Waals surface area contributed by atoms with E-state index in [0.29, 0.717) is 0 Å². The summed E-state index contributed by atoms with van der Waals surface area (Å²) in [5, 5.41) is 24.9. The highest BCUT2D eigenvalue weighted by atomic mass is 16.4. The molecule has 0 fully saturated rings. The Morgan fingerprint density at radius 1 is 1.00 bits per heavy atom. The van der Waals surface area contributed by atoms with Gasteiger partial charge in [-0.05, 0) is 20.3 Å². The van der Waals surface area contributed by atoms with Crippen LogP contribution in [-0.4, -0.2) is 70.6 Å². The number of carbonyl (C=O) groups is 5. The zero-order chi connectivity index (χ0) is 20.4. The van der Waals surface area contributed by atoms with Crippen LogP contribution in [0.25, 0.3) is 0 Å². The average molecular weight is 375 g/mol. The largest absolute Gasteiger partial charge is 0.480 e. The number of carbonyl (C=O) groups excluding carboxylic acids is 4. The van der Waals surface area contributed by atoms with Gasteiger partial charge in [0, 0.05) is 6.42 Å². The van der Waals surface area contributed by atoms with Crippen molar-refractivity contribution in [2.24, 2.45) is 11.5 Å². The third-order valence-electron chi connectivity index (χ3n) is 3.31. The number of amides is 4. The van der Waals surface area contributed by atoms with Crippen molar-refractivity contribution in [3.8, 4) is 0 Å². The standard InChI is InChI=1S/C14H25N5O7/c1-6(12(23)19-11(7(2)20)14(25)26)17-13(24)8(3-4-9(16)21)18-10(22)5-15/h6-8,11,20H,3-5,15H2,1-2H3,(H2,16,21)(H,17,24)(H,18,22)(H,19,23)(H,25,26). The molecule has 0 aromatic carbocycles.